The fourth-order valence-corrected chi connectivity index (χ4v) is 2.63. The largest absolute Gasteiger partial charge is 0.366 e. The highest BCUT2D eigenvalue weighted by molar-refractivity contribution is 9.10. The number of halogens is 2. The van der Waals surface area contributed by atoms with Gasteiger partial charge in [-0.25, -0.2) is 9.38 Å². The third kappa shape index (κ3) is 4.41. The molecule has 4 heteroatoms. The normalized spacial score (nSPS) is 11.1. The molecule has 0 aliphatic heterocycles. The molecule has 2 aromatic rings. The fraction of sp³-hybridized carbons (Fsp3) is 0.278. The van der Waals surface area contributed by atoms with E-state index in [1.807, 2.05) is 37.3 Å². The Morgan fingerprint density at radius 2 is 2.05 bits per heavy atom. The van der Waals surface area contributed by atoms with Gasteiger partial charge in [-0.05, 0) is 71.1 Å². The first-order valence-corrected chi connectivity index (χ1v) is 8.06. The maximum Gasteiger partial charge on any atom is 0.123 e. The average molecular weight is 363 g/mol. The molecule has 2 aromatic carbocycles. The zero-order valence-corrected chi connectivity index (χ0v) is 14.7. The molecule has 0 N–H and O–H groups in total. The average Bonchev–Trinajstić information content (AvgIpc) is 2.48. The van der Waals surface area contributed by atoms with Crippen LogP contribution >= 0.6 is 15.9 Å². The van der Waals surface area contributed by atoms with E-state index in [0.29, 0.717) is 6.42 Å². The molecule has 0 spiro atoms. The van der Waals surface area contributed by atoms with E-state index in [0.717, 1.165) is 33.4 Å². The van der Waals surface area contributed by atoms with Crippen LogP contribution in [0.3, 0.4) is 0 Å². The lowest BCUT2D eigenvalue weighted by molar-refractivity contribution is 0.552. The molecule has 22 heavy (non-hydrogen) atoms. The van der Waals surface area contributed by atoms with Crippen molar-refractivity contribution in [2.75, 3.05) is 13.6 Å². The summed E-state index contributed by atoms with van der Waals surface area (Å²) in [5.41, 5.74) is 4.09. The quantitative estimate of drug-likeness (QED) is 0.533. The van der Waals surface area contributed by atoms with Gasteiger partial charge in [0, 0.05) is 18.1 Å². The van der Waals surface area contributed by atoms with E-state index >= 15 is 0 Å². The second-order valence-corrected chi connectivity index (χ2v) is 6.17. The summed E-state index contributed by atoms with van der Waals surface area (Å²) in [6.45, 7) is 5.03. The van der Waals surface area contributed by atoms with Gasteiger partial charge in [0.25, 0.3) is 0 Å². The number of hydrogen-bond donors (Lipinski definition) is 0. The third-order valence-electron chi connectivity index (χ3n) is 3.45. The molecule has 0 aromatic heterocycles. The number of benzene rings is 2. The zero-order valence-electron chi connectivity index (χ0n) is 13.1. The van der Waals surface area contributed by atoms with Gasteiger partial charge in [-0.15, -0.1) is 0 Å². The van der Waals surface area contributed by atoms with Gasteiger partial charge < -0.3 is 4.90 Å². The van der Waals surface area contributed by atoms with Gasteiger partial charge in [-0.1, -0.05) is 18.2 Å². The fourth-order valence-electron chi connectivity index (χ4n) is 2.16. The van der Waals surface area contributed by atoms with Gasteiger partial charge in [-0.3, -0.25) is 0 Å². The van der Waals surface area contributed by atoms with Crippen LogP contribution in [-0.2, 0) is 6.42 Å². The minimum absolute atomic E-state index is 0.205. The number of hydrogen-bond acceptors (Lipinski definition) is 1. The third-order valence-corrected chi connectivity index (χ3v) is 4.36. The van der Waals surface area contributed by atoms with E-state index in [9.17, 15) is 4.39 Å². The van der Waals surface area contributed by atoms with Crippen molar-refractivity contribution in [3.05, 3.63) is 63.4 Å². The summed E-state index contributed by atoms with van der Waals surface area (Å²) in [4.78, 5) is 6.55. The van der Waals surface area contributed by atoms with Gasteiger partial charge in [0.05, 0.1) is 12.0 Å². The molecule has 2 nitrogen and oxygen atoms in total. The van der Waals surface area contributed by atoms with Gasteiger partial charge in [0.1, 0.15) is 5.82 Å². The molecule has 0 radical (unpaired) electrons. The van der Waals surface area contributed by atoms with Crippen LogP contribution in [0.2, 0.25) is 0 Å². The molecule has 0 atom stereocenters. The second-order valence-electron chi connectivity index (χ2n) is 5.38. The second kappa shape index (κ2) is 7.54. The van der Waals surface area contributed by atoms with Gasteiger partial charge in [-0.2, -0.15) is 0 Å². The molecule has 0 unspecified atom stereocenters. The molecule has 0 bridgehead atoms. The van der Waals surface area contributed by atoms with Gasteiger partial charge >= 0.3 is 0 Å². The molecule has 0 aliphatic carbocycles. The van der Waals surface area contributed by atoms with Crippen LogP contribution in [-0.4, -0.2) is 24.8 Å². The predicted octanol–water partition coefficient (Wildman–Crippen LogP) is 5.10. The van der Waals surface area contributed by atoms with Crippen LogP contribution in [0.5, 0.6) is 0 Å². The summed E-state index contributed by atoms with van der Waals surface area (Å²) in [5.74, 6) is -0.205. The number of aliphatic imine (C=N–C) groups is 1. The summed E-state index contributed by atoms with van der Waals surface area (Å²) < 4.78 is 14.3. The molecule has 0 aliphatic rings. The molecule has 0 heterocycles. The number of nitrogens with zero attached hydrogens (tertiary/aromatic N) is 2. The summed E-state index contributed by atoms with van der Waals surface area (Å²) in [6, 6.07) is 10.9. The Morgan fingerprint density at radius 3 is 2.73 bits per heavy atom. The Morgan fingerprint density at radius 1 is 1.27 bits per heavy atom. The highest BCUT2D eigenvalue weighted by Crippen LogP contribution is 2.32. The highest BCUT2D eigenvalue weighted by atomic mass is 79.9. The molecule has 0 fully saturated rings. The van der Waals surface area contributed by atoms with E-state index < -0.39 is 0 Å². The van der Waals surface area contributed by atoms with Crippen molar-refractivity contribution in [2.45, 2.75) is 20.3 Å². The summed E-state index contributed by atoms with van der Waals surface area (Å²) in [7, 11) is 1.99. The number of rotatable bonds is 5. The molecule has 0 amide bonds. The summed E-state index contributed by atoms with van der Waals surface area (Å²) in [5, 5.41) is 0. The van der Waals surface area contributed by atoms with Crippen molar-refractivity contribution >= 4 is 28.0 Å². The first kappa shape index (κ1) is 16.7. The zero-order chi connectivity index (χ0) is 16.1. The molecular weight excluding hydrogens is 343 g/mol. The smallest absolute Gasteiger partial charge is 0.123 e. The predicted molar refractivity (Wildman–Crippen MR) is 94.5 cm³/mol. The first-order chi connectivity index (χ1) is 10.5. The minimum Gasteiger partial charge on any atom is -0.366 e. The molecule has 0 saturated carbocycles. The monoisotopic (exact) mass is 362 g/mol. The van der Waals surface area contributed by atoms with Crippen molar-refractivity contribution < 1.29 is 4.39 Å². The number of aryl methyl sites for hydroxylation is 1. The Balaban J connectivity index is 2.32. The lowest BCUT2D eigenvalue weighted by atomic mass is 10.0. The molecular formula is C18H20BrFN2. The van der Waals surface area contributed by atoms with E-state index in [2.05, 4.69) is 33.9 Å². The van der Waals surface area contributed by atoms with Crippen molar-refractivity contribution in [1.82, 2.24) is 4.90 Å². The van der Waals surface area contributed by atoms with Crippen LogP contribution in [0.25, 0.3) is 0 Å². The van der Waals surface area contributed by atoms with Crippen molar-refractivity contribution in [1.29, 1.82) is 0 Å². The van der Waals surface area contributed by atoms with E-state index in [4.69, 9.17) is 0 Å². The Kier molecular flexibility index (Phi) is 5.72. The Hall–Kier alpha value is -1.68. The highest BCUT2D eigenvalue weighted by Gasteiger charge is 2.08. The lowest BCUT2D eigenvalue weighted by Crippen LogP contribution is -2.14. The van der Waals surface area contributed by atoms with Crippen molar-refractivity contribution in [2.24, 2.45) is 4.99 Å². The van der Waals surface area contributed by atoms with E-state index in [1.165, 1.54) is 6.07 Å². The van der Waals surface area contributed by atoms with Crippen LogP contribution in [0.1, 0.15) is 23.6 Å². The standard InChI is InChI=1S/C18H20BrFN2/c1-4-22(3)12-21-17-9-13(2)8-15(18(17)19)10-14-6-5-7-16(20)11-14/h5-9,11-12H,4,10H2,1-3H3/b21-12-. The van der Waals surface area contributed by atoms with Crippen LogP contribution in [0.4, 0.5) is 10.1 Å². The van der Waals surface area contributed by atoms with E-state index in [1.54, 1.807) is 12.1 Å². The van der Waals surface area contributed by atoms with Gasteiger partial charge in [0.2, 0.25) is 0 Å². The SMILES string of the molecule is CCN(C)/C=N\c1cc(C)cc(Cc2cccc(F)c2)c1Br. The summed E-state index contributed by atoms with van der Waals surface area (Å²) in [6.07, 6.45) is 2.50. The molecule has 116 valence electrons. The maximum absolute atomic E-state index is 13.3. The van der Waals surface area contributed by atoms with Crippen LogP contribution < -0.4 is 0 Å². The first-order valence-electron chi connectivity index (χ1n) is 7.27. The van der Waals surface area contributed by atoms with Crippen LogP contribution in [0.15, 0.2) is 45.9 Å². The van der Waals surface area contributed by atoms with E-state index in [-0.39, 0.29) is 5.82 Å². The maximum atomic E-state index is 13.3. The Labute approximate surface area is 139 Å². The van der Waals surface area contributed by atoms with Gasteiger partial charge in [0.15, 0.2) is 0 Å². The molecule has 2 rings (SSSR count). The topological polar surface area (TPSA) is 15.6 Å². The van der Waals surface area contributed by atoms with Crippen molar-refractivity contribution in [3.8, 4) is 0 Å². The van der Waals surface area contributed by atoms with Crippen LogP contribution in [0, 0.1) is 12.7 Å². The Bertz CT molecular complexity index is 683. The minimum atomic E-state index is -0.205. The lowest BCUT2D eigenvalue weighted by Gasteiger charge is -2.12. The van der Waals surface area contributed by atoms with Crippen molar-refractivity contribution in [3.63, 3.8) is 0 Å². The molecule has 0 saturated heterocycles. The summed E-state index contributed by atoms with van der Waals surface area (Å²) >= 11 is 3.64.